The molecule has 0 bridgehead atoms. The highest BCUT2D eigenvalue weighted by molar-refractivity contribution is 5.77. The van der Waals surface area contributed by atoms with Gasteiger partial charge < -0.3 is 24.0 Å². The van der Waals surface area contributed by atoms with Gasteiger partial charge in [0, 0.05) is 38.8 Å². The zero-order chi connectivity index (χ0) is 21.5. The van der Waals surface area contributed by atoms with Crippen molar-refractivity contribution in [1.82, 2.24) is 9.88 Å². The molecule has 0 saturated carbocycles. The van der Waals surface area contributed by atoms with E-state index >= 15 is 0 Å². The van der Waals surface area contributed by atoms with E-state index in [1.165, 1.54) is 0 Å². The molecule has 1 aliphatic heterocycles. The van der Waals surface area contributed by atoms with Gasteiger partial charge in [-0.05, 0) is 30.2 Å². The number of nitrogens with zero attached hydrogens (tertiary/aromatic N) is 4. The number of ether oxygens (including phenoxy) is 3. The fourth-order valence-corrected chi connectivity index (χ4v) is 3.61. The highest BCUT2D eigenvalue weighted by atomic mass is 16.5. The predicted molar refractivity (Wildman–Crippen MR) is 112 cm³/mol. The van der Waals surface area contributed by atoms with Gasteiger partial charge in [0.05, 0.1) is 33.0 Å². The molecule has 0 unspecified atom stereocenters. The number of rotatable bonds is 7. The third-order valence-corrected chi connectivity index (χ3v) is 5.22. The van der Waals surface area contributed by atoms with Gasteiger partial charge >= 0.3 is 0 Å². The van der Waals surface area contributed by atoms with E-state index in [9.17, 15) is 4.79 Å². The average Bonchev–Trinajstić information content (AvgIpc) is 2.81. The molecule has 1 amide bonds. The third kappa shape index (κ3) is 4.57. The summed E-state index contributed by atoms with van der Waals surface area (Å²) in [6, 6.07) is 9.32. The second kappa shape index (κ2) is 9.83. The summed E-state index contributed by atoms with van der Waals surface area (Å²) >= 11 is 0. The van der Waals surface area contributed by atoms with Crippen molar-refractivity contribution in [1.29, 1.82) is 5.26 Å². The van der Waals surface area contributed by atoms with Crippen LogP contribution in [0.25, 0.3) is 0 Å². The van der Waals surface area contributed by atoms with E-state index in [1.807, 2.05) is 17.0 Å². The monoisotopic (exact) mass is 410 g/mol. The Balaban J connectivity index is 1.58. The van der Waals surface area contributed by atoms with Crippen LogP contribution < -0.4 is 19.1 Å². The summed E-state index contributed by atoms with van der Waals surface area (Å²) in [5.74, 6) is 2.60. The lowest BCUT2D eigenvalue weighted by Crippen LogP contribution is -2.49. The molecular weight excluding hydrogens is 384 g/mol. The molecule has 8 nitrogen and oxygen atoms in total. The smallest absolute Gasteiger partial charge is 0.223 e. The topological polar surface area (TPSA) is 87.9 Å². The van der Waals surface area contributed by atoms with Gasteiger partial charge in [-0.3, -0.25) is 4.79 Å². The number of piperazine rings is 1. The molecular formula is C22H26N4O4. The molecule has 1 fully saturated rings. The van der Waals surface area contributed by atoms with Crippen LogP contribution in [0.1, 0.15) is 17.5 Å². The van der Waals surface area contributed by atoms with Crippen molar-refractivity contribution in [2.24, 2.45) is 0 Å². The molecule has 1 aromatic carbocycles. The molecule has 0 radical (unpaired) electrons. The zero-order valence-electron chi connectivity index (χ0n) is 17.6. The van der Waals surface area contributed by atoms with Gasteiger partial charge in [-0.1, -0.05) is 6.07 Å². The minimum Gasteiger partial charge on any atom is -0.493 e. The van der Waals surface area contributed by atoms with Gasteiger partial charge in [0.2, 0.25) is 11.7 Å². The summed E-state index contributed by atoms with van der Waals surface area (Å²) in [4.78, 5) is 21.1. The van der Waals surface area contributed by atoms with E-state index in [0.29, 0.717) is 61.8 Å². The fraction of sp³-hybridized carbons (Fsp3) is 0.409. The number of hydrogen-bond donors (Lipinski definition) is 0. The van der Waals surface area contributed by atoms with Crippen LogP contribution in [-0.4, -0.2) is 63.3 Å². The number of methoxy groups -OCH3 is 3. The van der Waals surface area contributed by atoms with Crippen molar-refractivity contribution < 1.29 is 19.0 Å². The van der Waals surface area contributed by atoms with Crippen LogP contribution >= 0.6 is 0 Å². The zero-order valence-corrected chi connectivity index (χ0v) is 17.6. The van der Waals surface area contributed by atoms with E-state index in [-0.39, 0.29) is 5.91 Å². The molecule has 0 atom stereocenters. The van der Waals surface area contributed by atoms with Crippen LogP contribution in [0.4, 0.5) is 5.82 Å². The summed E-state index contributed by atoms with van der Waals surface area (Å²) in [5.41, 5.74) is 1.49. The Labute approximate surface area is 176 Å². The van der Waals surface area contributed by atoms with Crippen molar-refractivity contribution in [2.75, 3.05) is 52.4 Å². The first-order valence-corrected chi connectivity index (χ1v) is 9.78. The Bertz CT molecular complexity index is 933. The number of anilines is 1. The second-order valence-electron chi connectivity index (χ2n) is 6.88. The second-order valence-corrected chi connectivity index (χ2v) is 6.88. The summed E-state index contributed by atoms with van der Waals surface area (Å²) in [6.07, 6.45) is 2.57. The third-order valence-electron chi connectivity index (χ3n) is 5.22. The van der Waals surface area contributed by atoms with Crippen LogP contribution in [-0.2, 0) is 11.2 Å². The maximum atomic E-state index is 12.7. The van der Waals surface area contributed by atoms with Crippen molar-refractivity contribution in [3.63, 3.8) is 0 Å². The minimum absolute atomic E-state index is 0.102. The SMILES string of the molecule is COc1ccc(CCC(=O)N2CCN(c3cc(C#N)ccn3)CC2)c(OC)c1OC. The van der Waals surface area contributed by atoms with Crippen molar-refractivity contribution in [3.05, 3.63) is 41.6 Å². The molecule has 8 heteroatoms. The summed E-state index contributed by atoms with van der Waals surface area (Å²) < 4.78 is 16.2. The highest BCUT2D eigenvalue weighted by Crippen LogP contribution is 2.40. The standard InChI is InChI=1S/C22H26N4O4/c1-28-18-6-4-17(21(29-2)22(18)30-3)5-7-20(27)26-12-10-25(11-13-26)19-14-16(15-23)8-9-24-19/h4,6,8-9,14H,5,7,10-13H2,1-3H3. The molecule has 1 saturated heterocycles. The van der Waals surface area contributed by atoms with Gasteiger partial charge in [0.15, 0.2) is 11.5 Å². The van der Waals surface area contributed by atoms with E-state index in [1.54, 1.807) is 39.7 Å². The quantitative estimate of drug-likeness (QED) is 0.692. The number of aryl methyl sites for hydroxylation is 1. The Morgan fingerprint density at radius 2 is 1.80 bits per heavy atom. The summed E-state index contributed by atoms with van der Waals surface area (Å²) in [5, 5.41) is 9.05. The van der Waals surface area contributed by atoms with E-state index in [0.717, 1.165) is 11.4 Å². The molecule has 3 rings (SSSR count). The predicted octanol–water partition coefficient (Wildman–Crippen LogP) is 2.26. The first kappa shape index (κ1) is 21.2. The molecule has 1 aromatic heterocycles. The van der Waals surface area contributed by atoms with Crippen molar-refractivity contribution in [2.45, 2.75) is 12.8 Å². The maximum absolute atomic E-state index is 12.7. The number of aromatic nitrogens is 1. The number of carbonyl (C=O) groups excluding carboxylic acids is 1. The number of pyridine rings is 1. The van der Waals surface area contributed by atoms with Gasteiger partial charge in [-0.2, -0.15) is 5.26 Å². The Morgan fingerprint density at radius 3 is 2.43 bits per heavy atom. The van der Waals surface area contributed by atoms with Crippen molar-refractivity contribution >= 4 is 11.7 Å². The Kier molecular flexibility index (Phi) is 6.96. The van der Waals surface area contributed by atoms with Crippen LogP contribution in [0.15, 0.2) is 30.5 Å². The van der Waals surface area contributed by atoms with Gasteiger partial charge in [-0.15, -0.1) is 0 Å². The number of nitriles is 1. The van der Waals surface area contributed by atoms with E-state index in [2.05, 4.69) is 16.0 Å². The van der Waals surface area contributed by atoms with Gasteiger partial charge in [-0.25, -0.2) is 4.98 Å². The first-order chi connectivity index (χ1) is 14.6. The normalized spacial score (nSPS) is 13.5. The lowest BCUT2D eigenvalue weighted by molar-refractivity contribution is -0.131. The molecule has 1 aliphatic rings. The average molecular weight is 410 g/mol. The lowest BCUT2D eigenvalue weighted by Gasteiger charge is -2.35. The molecule has 2 heterocycles. The number of amides is 1. The largest absolute Gasteiger partial charge is 0.493 e. The first-order valence-electron chi connectivity index (χ1n) is 9.78. The summed E-state index contributed by atoms with van der Waals surface area (Å²) in [7, 11) is 4.72. The number of benzene rings is 1. The van der Waals surface area contributed by atoms with Gasteiger partial charge in [0.25, 0.3) is 0 Å². The lowest BCUT2D eigenvalue weighted by atomic mass is 10.1. The maximum Gasteiger partial charge on any atom is 0.223 e. The highest BCUT2D eigenvalue weighted by Gasteiger charge is 2.23. The van der Waals surface area contributed by atoms with Crippen LogP contribution in [0.3, 0.4) is 0 Å². The van der Waals surface area contributed by atoms with Gasteiger partial charge in [0.1, 0.15) is 5.82 Å². The molecule has 2 aromatic rings. The molecule has 30 heavy (non-hydrogen) atoms. The van der Waals surface area contributed by atoms with Crippen LogP contribution in [0.5, 0.6) is 17.2 Å². The minimum atomic E-state index is 0.102. The van der Waals surface area contributed by atoms with Crippen LogP contribution in [0.2, 0.25) is 0 Å². The Morgan fingerprint density at radius 1 is 1.07 bits per heavy atom. The molecule has 0 N–H and O–H groups in total. The van der Waals surface area contributed by atoms with Crippen LogP contribution in [0, 0.1) is 11.3 Å². The summed E-state index contributed by atoms with van der Waals surface area (Å²) in [6.45, 7) is 2.63. The van der Waals surface area contributed by atoms with E-state index < -0.39 is 0 Å². The number of hydrogen-bond acceptors (Lipinski definition) is 7. The Hall–Kier alpha value is -3.47. The fourth-order valence-electron chi connectivity index (χ4n) is 3.61. The molecule has 0 spiro atoms. The number of carbonyl (C=O) groups is 1. The molecule has 0 aliphatic carbocycles. The van der Waals surface area contributed by atoms with E-state index in [4.69, 9.17) is 19.5 Å². The molecule has 158 valence electrons. The van der Waals surface area contributed by atoms with Crippen molar-refractivity contribution in [3.8, 4) is 23.3 Å².